The van der Waals surface area contributed by atoms with Crippen LogP contribution in [-0.2, 0) is 10.5 Å². The highest BCUT2D eigenvalue weighted by atomic mass is 79.9. The van der Waals surface area contributed by atoms with Gasteiger partial charge in [-0.25, -0.2) is 0 Å². The summed E-state index contributed by atoms with van der Waals surface area (Å²) in [6.07, 6.45) is 0.187. The summed E-state index contributed by atoms with van der Waals surface area (Å²) >= 11 is 5.08. The zero-order valence-corrected chi connectivity index (χ0v) is 12.1. The average Bonchev–Trinajstić information content (AvgIpc) is 2.34. The largest absolute Gasteiger partial charge is 0.486 e. The molecule has 98 valence electrons. The lowest BCUT2D eigenvalue weighted by atomic mass is 10.2. The van der Waals surface area contributed by atoms with E-state index in [0.717, 1.165) is 27.3 Å². The second-order valence-electron chi connectivity index (χ2n) is 3.78. The molecule has 0 atom stereocenters. The molecule has 4 nitrogen and oxygen atoms in total. The average molecular weight is 333 g/mol. The maximum atomic E-state index is 10.4. The molecule has 1 aliphatic rings. The van der Waals surface area contributed by atoms with Crippen molar-refractivity contribution in [3.63, 3.8) is 0 Å². The summed E-state index contributed by atoms with van der Waals surface area (Å²) in [6, 6.07) is 3.86. The van der Waals surface area contributed by atoms with Crippen molar-refractivity contribution in [2.24, 2.45) is 0 Å². The van der Waals surface area contributed by atoms with Gasteiger partial charge in [-0.2, -0.15) is 11.8 Å². The van der Waals surface area contributed by atoms with Gasteiger partial charge in [-0.3, -0.25) is 4.79 Å². The molecule has 1 aromatic carbocycles. The maximum absolute atomic E-state index is 10.4. The number of hydrogen-bond acceptors (Lipinski definition) is 4. The summed E-state index contributed by atoms with van der Waals surface area (Å²) in [6.45, 7) is 1.15. The second kappa shape index (κ2) is 6.33. The fourth-order valence-electron chi connectivity index (χ4n) is 1.56. The number of aliphatic carboxylic acids is 1. The van der Waals surface area contributed by atoms with Gasteiger partial charge >= 0.3 is 5.97 Å². The van der Waals surface area contributed by atoms with E-state index < -0.39 is 5.97 Å². The Balaban J connectivity index is 1.97. The van der Waals surface area contributed by atoms with E-state index in [1.165, 1.54) is 0 Å². The first kappa shape index (κ1) is 13.5. The van der Waals surface area contributed by atoms with Crippen molar-refractivity contribution in [3.8, 4) is 11.5 Å². The van der Waals surface area contributed by atoms with Crippen LogP contribution in [0.3, 0.4) is 0 Å². The zero-order valence-electron chi connectivity index (χ0n) is 9.65. The molecule has 0 amide bonds. The minimum Gasteiger partial charge on any atom is -0.486 e. The summed E-state index contributed by atoms with van der Waals surface area (Å²) in [7, 11) is 0. The molecule has 0 saturated heterocycles. The van der Waals surface area contributed by atoms with Crippen molar-refractivity contribution in [2.75, 3.05) is 19.0 Å². The van der Waals surface area contributed by atoms with Gasteiger partial charge in [-0.1, -0.05) is 15.9 Å². The lowest BCUT2D eigenvalue weighted by Crippen LogP contribution is -2.15. The minimum atomic E-state index is -0.760. The molecule has 0 fully saturated rings. The smallest absolute Gasteiger partial charge is 0.304 e. The van der Waals surface area contributed by atoms with Gasteiger partial charge in [0.05, 0.1) is 6.42 Å². The van der Waals surface area contributed by atoms with E-state index >= 15 is 0 Å². The highest BCUT2D eigenvalue weighted by molar-refractivity contribution is 9.10. The zero-order chi connectivity index (χ0) is 13.0. The molecule has 1 aromatic rings. The van der Waals surface area contributed by atoms with E-state index in [-0.39, 0.29) is 6.42 Å². The molecular weight excluding hydrogens is 320 g/mol. The van der Waals surface area contributed by atoms with Crippen molar-refractivity contribution in [2.45, 2.75) is 12.2 Å². The number of ether oxygens (including phenoxy) is 2. The second-order valence-corrected chi connectivity index (χ2v) is 5.74. The number of halogens is 1. The van der Waals surface area contributed by atoms with E-state index in [0.29, 0.717) is 19.0 Å². The predicted octanol–water partition coefficient (Wildman–Crippen LogP) is 2.93. The van der Waals surface area contributed by atoms with Crippen LogP contribution in [0.15, 0.2) is 16.6 Å². The number of hydrogen-bond donors (Lipinski definition) is 1. The molecule has 1 N–H and O–H groups in total. The van der Waals surface area contributed by atoms with Crippen LogP contribution >= 0.6 is 27.7 Å². The van der Waals surface area contributed by atoms with Gasteiger partial charge in [0, 0.05) is 16.0 Å². The fraction of sp³-hybridized carbons (Fsp3) is 0.417. The molecular formula is C12H13BrO4S. The normalized spacial score (nSPS) is 13.4. The minimum absolute atomic E-state index is 0.187. The van der Waals surface area contributed by atoms with Crippen molar-refractivity contribution in [3.05, 3.63) is 22.2 Å². The molecule has 0 spiro atoms. The third kappa shape index (κ3) is 3.55. The van der Waals surface area contributed by atoms with Gasteiger partial charge in [-0.15, -0.1) is 0 Å². The summed E-state index contributed by atoms with van der Waals surface area (Å²) in [5.74, 6) is 2.12. The van der Waals surface area contributed by atoms with Crippen LogP contribution < -0.4 is 9.47 Å². The third-order valence-corrected chi connectivity index (χ3v) is 4.18. The van der Waals surface area contributed by atoms with Gasteiger partial charge in [-0.05, 0) is 17.7 Å². The van der Waals surface area contributed by atoms with E-state index in [4.69, 9.17) is 14.6 Å². The first-order valence-corrected chi connectivity index (χ1v) is 7.49. The van der Waals surface area contributed by atoms with Crippen LogP contribution in [0.4, 0.5) is 0 Å². The van der Waals surface area contributed by atoms with Crippen LogP contribution in [0.25, 0.3) is 0 Å². The first-order valence-electron chi connectivity index (χ1n) is 5.54. The highest BCUT2D eigenvalue weighted by Crippen LogP contribution is 2.36. The Kier molecular flexibility index (Phi) is 4.77. The fourth-order valence-corrected chi connectivity index (χ4v) is 3.13. The number of carboxylic acid groups (broad SMARTS) is 1. The lowest BCUT2D eigenvalue weighted by molar-refractivity contribution is -0.136. The van der Waals surface area contributed by atoms with Crippen LogP contribution in [-0.4, -0.2) is 30.0 Å². The van der Waals surface area contributed by atoms with Gasteiger partial charge in [0.25, 0.3) is 0 Å². The van der Waals surface area contributed by atoms with Crippen molar-refractivity contribution < 1.29 is 19.4 Å². The summed E-state index contributed by atoms with van der Waals surface area (Å²) in [5.41, 5.74) is 1.09. The number of thioether (sulfide) groups is 1. The van der Waals surface area contributed by atoms with Crippen molar-refractivity contribution >= 4 is 33.7 Å². The Morgan fingerprint density at radius 1 is 1.33 bits per heavy atom. The molecule has 1 heterocycles. The molecule has 0 aromatic heterocycles. The SMILES string of the molecule is O=C(O)CCSCc1cc2c(cc1Br)OCCO2. The van der Waals surface area contributed by atoms with Gasteiger partial charge < -0.3 is 14.6 Å². The third-order valence-electron chi connectivity index (χ3n) is 2.43. The van der Waals surface area contributed by atoms with E-state index in [1.807, 2.05) is 12.1 Å². The van der Waals surface area contributed by atoms with Crippen LogP contribution in [0.1, 0.15) is 12.0 Å². The van der Waals surface area contributed by atoms with Crippen LogP contribution in [0.5, 0.6) is 11.5 Å². The molecule has 2 rings (SSSR count). The van der Waals surface area contributed by atoms with Crippen LogP contribution in [0.2, 0.25) is 0 Å². The molecule has 0 bridgehead atoms. The molecule has 0 aliphatic carbocycles. The van der Waals surface area contributed by atoms with E-state index in [2.05, 4.69) is 15.9 Å². The molecule has 0 radical (unpaired) electrons. The van der Waals surface area contributed by atoms with Gasteiger partial charge in [0.15, 0.2) is 11.5 Å². The number of rotatable bonds is 5. The Morgan fingerprint density at radius 3 is 2.67 bits per heavy atom. The summed E-state index contributed by atoms with van der Waals surface area (Å²) in [4.78, 5) is 10.4. The molecule has 0 unspecified atom stereocenters. The lowest BCUT2D eigenvalue weighted by Gasteiger charge is -2.19. The molecule has 18 heavy (non-hydrogen) atoms. The standard InChI is InChI=1S/C12H13BrO4S/c13-9-6-11-10(16-2-3-17-11)5-8(9)7-18-4-1-12(14)15/h5-6H,1-4,7H2,(H,14,15). The first-order chi connectivity index (χ1) is 8.66. The highest BCUT2D eigenvalue weighted by Gasteiger charge is 2.14. The van der Waals surface area contributed by atoms with Crippen molar-refractivity contribution in [1.82, 2.24) is 0 Å². The molecule has 0 saturated carbocycles. The Morgan fingerprint density at radius 2 is 2.00 bits per heavy atom. The topological polar surface area (TPSA) is 55.8 Å². The molecule has 1 aliphatic heterocycles. The number of carboxylic acids is 1. The van der Waals surface area contributed by atoms with Crippen molar-refractivity contribution in [1.29, 1.82) is 0 Å². The monoisotopic (exact) mass is 332 g/mol. The van der Waals surface area contributed by atoms with E-state index in [9.17, 15) is 4.79 Å². The quantitative estimate of drug-likeness (QED) is 0.840. The summed E-state index contributed by atoms with van der Waals surface area (Å²) < 4.78 is 12.0. The predicted molar refractivity (Wildman–Crippen MR) is 73.5 cm³/mol. The van der Waals surface area contributed by atoms with E-state index in [1.54, 1.807) is 11.8 Å². The number of fused-ring (bicyclic) bond motifs is 1. The Bertz CT molecular complexity index is 450. The Labute approximate surface area is 118 Å². The van der Waals surface area contributed by atoms with Crippen LogP contribution in [0, 0.1) is 0 Å². The number of benzene rings is 1. The Hall–Kier alpha value is -0.880. The van der Waals surface area contributed by atoms with Gasteiger partial charge in [0.1, 0.15) is 13.2 Å². The van der Waals surface area contributed by atoms with Gasteiger partial charge in [0.2, 0.25) is 0 Å². The summed E-state index contributed by atoms with van der Waals surface area (Å²) in [5, 5.41) is 8.56. The molecule has 6 heteroatoms. The maximum Gasteiger partial charge on any atom is 0.304 e. The number of carbonyl (C=O) groups is 1.